The summed E-state index contributed by atoms with van der Waals surface area (Å²) in [6, 6.07) is 3.61. The zero-order valence-corrected chi connectivity index (χ0v) is 13.9. The number of nitrogens with one attached hydrogen (secondary N) is 2. The van der Waals surface area contributed by atoms with Gasteiger partial charge in [0.25, 0.3) is 5.91 Å². The van der Waals surface area contributed by atoms with Crippen molar-refractivity contribution in [1.29, 1.82) is 0 Å². The van der Waals surface area contributed by atoms with Crippen LogP contribution in [0.5, 0.6) is 0 Å². The first-order valence-corrected chi connectivity index (χ1v) is 8.43. The molecule has 2 aromatic heterocycles. The van der Waals surface area contributed by atoms with Crippen LogP contribution in [0.4, 0.5) is 5.82 Å². The van der Waals surface area contributed by atoms with Gasteiger partial charge in [-0.05, 0) is 25.3 Å². The van der Waals surface area contributed by atoms with Crippen molar-refractivity contribution in [2.75, 3.05) is 31.3 Å². The number of carbonyl (C=O) groups is 1. The molecule has 0 aliphatic rings. The number of amides is 1. The molecule has 122 valence electrons. The number of pyridine rings is 1. The lowest BCUT2D eigenvalue weighted by Crippen LogP contribution is -2.26. The van der Waals surface area contributed by atoms with Crippen LogP contribution in [0.1, 0.15) is 17.3 Å². The van der Waals surface area contributed by atoms with E-state index >= 15 is 0 Å². The molecule has 0 unspecified atom stereocenters. The van der Waals surface area contributed by atoms with Gasteiger partial charge in [0.2, 0.25) is 0 Å². The van der Waals surface area contributed by atoms with Crippen molar-refractivity contribution in [2.24, 2.45) is 0 Å². The second-order valence-electron chi connectivity index (χ2n) is 4.53. The van der Waals surface area contributed by atoms with Gasteiger partial charge in [0.15, 0.2) is 5.82 Å². The first-order chi connectivity index (χ1) is 11.2. The van der Waals surface area contributed by atoms with Crippen molar-refractivity contribution >= 4 is 23.5 Å². The number of aromatic nitrogens is 3. The second-order valence-corrected chi connectivity index (χ2v) is 5.32. The van der Waals surface area contributed by atoms with Gasteiger partial charge < -0.3 is 15.7 Å². The van der Waals surface area contributed by atoms with Crippen LogP contribution in [-0.2, 0) is 0 Å². The van der Waals surface area contributed by atoms with Gasteiger partial charge in [-0.2, -0.15) is 0 Å². The minimum absolute atomic E-state index is 0.0575. The predicted molar refractivity (Wildman–Crippen MR) is 90.6 cm³/mol. The average Bonchev–Trinajstić information content (AvgIpc) is 2.59. The summed E-state index contributed by atoms with van der Waals surface area (Å²) in [7, 11) is 0. The van der Waals surface area contributed by atoms with E-state index in [-0.39, 0.29) is 12.5 Å². The van der Waals surface area contributed by atoms with E-state index < -0.39 is 0 Å². The number of hydrogen-bond donors (Lipinski definition) is 3. The summed E-state index contributed by atoms with van der Waals surface area (Å²) >= 11 is 1.38. The Labute approximate surface area is 139 Å². The summed E-state index contributed by atoms with van der Waals surface area (Å²) in [4.78, 5) is 25.3. The molecule has 7 nitrogen and oxygen atoms in total. The van der Waals surface area contributed by atoms with Crippen LogP contribution in [0, 0.1) is 0 Å². The van der Waals surface area contributed by atoms with E-state index in [0.29, 0.717) is 35.3 Å². The lowest BCUT2D eigenvalue weighted by Gasteiger charge is -2.14. The van der Waals surface area contributed by atoms with E-state index in [4.69, 9.17) is 5.11 Å². The summed E-state index contributed by atoms with van der Waals surface area (Å²) in [6.45, 7) is 2.60. The molecule has 23 heavy (non-hydrogen) atoms. The van der Waals surface area contributed by atoms with Gasteiger partial charge >= 0.3 is 0 Å². The molecule has 2 aromatic rings. The SMILES string of the molecule is CCNC(=O)c1c(NCCO)nc(-c2ccncc2)nc1SC. The highest BCUT2D eigenvalue weighted by Crippen LogP contribution is 2.27. The highest BCUT2D eigenvalue weighted by Gasteiger charge is 2.20. The molecule has 0 aliphatic carbocycles. The Morgan fingerprint density at radius 2 is 2.04 bits per heavy atom. The van der Waals surface area contributed by atoms with Crippen LogP contribution in [0.2, 0.25) is 0 Å². The van der Waals surface area contributed by atoms with Crippen LogP contribution in [-0.4, -0.2) is 51.9 Å². The quantitative estimate of drug-likeness (QED) is 0.520. The third-order valence-electron chi connectivity index (χ3n) is 2.98. The first-order valence-electron chi connectivity index (χ1n) is 7.20. The molecular formula is C15H19N5O2S. The minimum atomic E-state index is -0.237. The van der Waals surface area contributed by atoms with Gasteiger partial charge in [-0.1, -0.05) is 0 Å². The summed E-state index contributed by atoms with van der Waals surface area (Å²) in [5.41, 5.74) is 1.20. The number of anilines is 1. The number of rotatable bonds is 7. The van der Waals surface area contributed by atoms with E-state index in [0.717, 1.165) is 5.56 Å². The average molecular weight is 333 g/mol. The lowest BCUT2D eigenvalue weighted by atomic mass is 10.2. The Hall–Kier alpha value is -2.19. The highest BCUT2D eigenvalue weighted by molar-refractivity contribution is 7.98. The number of aliphatic hydroxyl groups is 1. The molecule has 0 radical (unpaired) electrons. The first kappa shape index (κ1) is 17.2. The third kappa shape index (κ3) is 4.17. The number of hydrogen-bond acceptors (Lipinski definition) is 7. The normalized spacial score (nSPS) is 10.4. The molecule has 0 aromatic carbocycles. The Morgan fingerprint density at radius 1 is 1.30 bits per heavy atom. The molecule has 0 aliphatic heterocycles. The van der Waals surface area contributed by atoms with E-state index in [1.807, 2.05) is 13.2 Å². The summed E-state index contributed by atoms with van der Waals surface area (Å²) < 4.78 is 0. The maximum atomic E-state index is 12.3. The summed E-state index contributed by atoms with van der Waals surface area (Å²) in [5.74, 6) is 0.681. The molecular weight excluding hydrogens is 314 g/mol. The molecule has 2 rings (SSSR count). The van der Waals surface area contributed by atoms with Crippen LogP contribution in [0.3, 0.4) is 0 Å². The van der Waals surface area contributed by atoms with Gasteiger partial charge in [0.1, 0.15) is 16.4 Å². The highest BCUT2D eigenvalue weighted by atomic mass is 32.2. The van der Waals surface area contributed by atoms with Crippen molar-refractivity contribution in [3.8, 4) is 11.4 Å². The number of carbonyl (C=O) groups excluding carboxylic acids is 1. The van der Waals surface area contributed by atoms with E-state index in [9.17, 15) is 4.79 Å². The molecule has 8 heteroatoms. The molecule has 0 atom stereocenters. The zero-order valence-electron chi connectivity index (χ0n) is 13.0. The van der Waals surface area contributed by atoms with Crippen LogP contribution < -0.4 is 10.6 Å². The molecule has 0 spiro atoms. The van der Waals surface area contributed by atoms with E-state index in [1.54, 1.807) is 24.5 Å². The molecule has 1 amide bonds. The predicted octanol–water partition coefficient (Wildman–Crippen LogP) is 1.41. The maximum Gasteiger partial charge on any atom is 0.257 e. The van der Waals surface area contributed by atoms with Crippen LogP contribution in [0.15, 0.2) is 29.6 Å². The molecule has 0 saturated carbocycles. The van der Waals surface area contributed by atoms with Gasteiger partial charge in [-0.15, -0.1) is 11.8 Å². The fraction of sp³-hybridized carbons (Fsp3) is 0.333. The second kappa shape index (κ2) is 8.44. The number of thioether (sulfide) groups is 1. The Morgan fingerprint density at radius 3 is 2.65 bits per heavy atom. The van der Waals surface area contributed by atoms with E-state index in [2.05, 4.69) is 25.6 Å². The Bertz CT molecular complexity index is 666. The lowest BCUT2D eigenvalue weighted by molar-refractivity contribution is 0.0952. The smallest absolute Gasteiger partial charge is 0.257 e. The van der Waals surface area contributed by atoms with Crippen molar-refractivity contribution in [2.45, 2.75) is 11.9 Å². The van der Waals surface area contributed by atoms with Crippen molar-refractivity contribution < 1.29 is 9.90 Å². The zero-order chi connectivity index (χ0) is 16.7. The van der Waals surface area contributed by atoms with E-state index in [1.165, 1.54) is 11.8 Å². The summed E-state index contributed by atoms with van der Waals surface area (Å²) in [6.07, 6.45) is 5.18. The maximum absolute atomic E-state index is 12.3. The Kier molecular flexibility index (Phi) is 6.30. The number of aliphatic hydroxyl groups excluding tert-OH is 1. The monoisotopic (exact) mass is 333 g/mol. The largest absolute Gasteiger partial charge is 0.395 e. The standard InChI is InChI=1S/C15H19N5O2S/c1-3-17-14(22)11-13(18-8-9-21)19-12(20-15(11)23-2)10-4-6-16-7-5-10/h4-7,21H,3,8-9H2,1-2H3,(H,17,22)(H,18,19,20). The van der Waals surface area contributed by atoms with Crippen molar-refractivity contribution in [1.82, 2.24) is 20.3 Å². The third-order valence-corrected chi connectivity index (χ3v) is 3.66. The van der Waals surface area contributed by atoms with Crippen LogP contribution in [0.25, 0.3) is 11.4 Å². The van der Waals surface area contributed by atoms with Crippen LogP contribution >= 0.6 is 11.8 Å². The number of nitrogens with zero attached hydrogens (tertiary/aromatic N) is 3. The molecule has 0 bridgehead atoms. The molecule has 0 saturated heterocycles. The Balaban J connectivity index is 2.54. The molecule has 2 heterocycles. The fourth-order valence-electron chi connectivity index (χ4n) is 1.97. The summed E-state index contributed by atoms with van der Waals surface area (Å²) in [5, 5.41) is 15.4. The van der Waals surface area contributed by atoms with Gasteiger partial charge in [0.05, 0.1) is 6.61 Å². The fourth-order valence-corrected chi connectivity index (χ4v) is 2.55. The molecule has 3 N–H and O–H groups in total. The van der Waals surface area contributed by atoms with Gasteiger partial charge in [-0.25, -0.2) is 9.97 Å². The van der Waals surface area contributed by atoms with Crippen molar-refractivity contribution in [3.63, 3.8) is 0 Å². The minimum Gasteiger partial charge on any atom is -0.395 e. The van der Waals surface area contributed by atoms with Gasteiger partial charge in [0, 0.05) is 31.0 Å². The van der Waals surface area contributed by atoms with Gasteiger partial charge in [-0.3, -0.25) is 9.78 Å². The topological polar surface area (TPSA) is 100 Å². The van der Waals surface area contributed by atoms with Crippen molar-refractivity contribution in [3.05, 3.63) is 30.1 Å². The molecule has 0 fully saturated rings.